The van der Waals surface area contributed by atoms with E-state index in [4.69, 9.17) is 14.9 Å². The first-order valence-electron chi connectivity index (χ1n) is 8.83. The first kappa shape index (κ1) is 22.3. The Balaban J connectivity index is 3.50. The maximum absolute atomic E-state index is 11.5. The molecular weight excluding hydrogens is 300 g/mol. The summed E-state index contributed by atoms with van der Waals surface area (Å²) in [6.07, 6.45) is 6.38. The number of unbranched alkanes of at least 4 members (excludes halogenated alkanes) is 8. The molecule has 0 aliphatic carbocycles. The van der Waals surface area contributed by atoms with E-state index < -0.39 is 30.9 Å². The lowest BCUT2D eigenvalue weighted by Crippen LogP contribution is -2.42. The Bertz CT molecular complexity index is 284. The molecule has 23 heavy (non-hydrogen) atoms. The van der Waals surface area contributed by atoms with Crippen molar-refractivity contribution in [2.75, 3.05) is 13.2 Å². The third-order valence-electron chi connectivity index (χ3n) is 3.88. The Morgan fingerprint density at radius 3 is 1.91 bits per heavy atom. The van der Waals surface area contributed by atoms with Crippen LogP contribution in [0.1, 0.15) is 71.1 Å². The van der Waals surface area contributed by atoms with E-state index in [1.54, 1.807) is 0 Å². The number of carbonyl (C=O) groups excluding carboxylic acids is 1. The standard InChI is InChI=1S/C17H34O6/c1-2-3-4-5-6-7-8-9-10-11-16(21)23-13-15(20)17(22)14(19)12-18/h14-15,17-20,22H,2-13H2,1H3/t14-,15+,17+/m0/s1. The van der Waals surface area contributed by atoms with Crippen molar-refractivity contribution in [3.63, 3.8) is 0 Å². The number of rotatable bonds is 15. The van der Waals surface area contributed by atoms with Crippen molar-refractivity contribution in [2.24, 2.45) is 0 Å². The Morgan fingerprint density at radius 1 is 0.870 bits per heavy atom. The highest BCUT2D eigenvalue weighted by molar-refractivity contribution is 5.69. The molecule has 4 N–H and O–H groups in total. The molecule has 0 aromatic carbocycles. The fraction of sp³-hybridized carbons (Fsp3) is 0.941. The number of carbonyl (C=O) groups is 1. The average molecular weight is 334 g/mol. The van der Waals surface area contributed by atoms with Gasteiger partial charge in [0, 0.05) is 6.42 Å². The molecule has 0 spiro atoms. The van der Waals surface area contributed by atoms with Crippen LogP contribution in [0.25, 0.3) is 0 Å². The van der Waals surface area contributed by atoms with Crippen molar-refractivity contribution in [2.45, 2.75) is 89.4 Å². The molecule has 6 nitrogen and oxygen atoms in total. The summed E-state index contributed by atoms with van der Waals surface area (Å²) in [6.45, 7) is 1.16. The Morgan fingerprint density at radius 2 is 1.39 bits per heavy atom. The summed E-state index contributed by atoms with van der Waals surface area (Å²) in [6, 6.07) is 0. The Kier molecular flexibility index (Phi) is 14.4. The predicted molar refractivity (Wildman–Crippen MR) is 87.9 cm³/mol. The zero-order valence-electron chi connectivity index (χ0n) is 14.3. The molecule has 0 aliphatic rings. The number of aliphatic hydroxyl groups is 4. The minimum atomic E-state index is -1.53. The van der Waals surface area contributed by atoms with Gasteiger partial charge < -0.3 is 25.2 Å². The first-order chi connectivity index (χ1) is 11.0. The van der Waals surface area contributed by atoms with Crippen molar-refractivity contribution in [3.05, 3.63) is 0 Å². The van der Waals surface area contributed by atoms with Crippen LogP contribution >= 0.6 is 0 Å². The Labute approximate surface area is 139 Å². The fourth-order valence-electron chi connectivity index (χ4n) is 2.29. The zero-order valence-corrected chi connectivity index (χ0v) is 14.3. The highest BCUT2D eigenvalue weighted by Gasteiger charge is 2.25. The van der Waals surface area contributed by atoms with Crippen molar-refractivity contribution in [3.8, 4) is 0 Å². The molecule has 138 valence electrons. The summed E-state index contributed by atoms with van der Waals surface area (Å²) in [5, 5.41) is 36.7. The van der Waals surface area contributed by atoms with Gasteiger partial charge in [-0.25, -0.2) is 0 Å². The number of ether oxygens (including phenoxy) is 1. The van der Waals surface area contributed by atoms with Gasteiger partial charge >= 0.3 is 5.97 Å². The van der Waals surface area contributed by atoms with Gasteiger partial charge in [0.1, 0.15) is 24.9 Å². The first-order valence-corrected chi connectivity index (χ1v) is 8.83. The second-order valence-corrected chi connectivity index (χ2v) is 6.07. The number of hydrogen-bond acceptors (Lipinski definition) is 6. The van der Waals surface area contributed by atoms with Gasteiger partial charge in [0.15, 0.2) is 0 Å². The van der Waals surface area contributed by atoms with E-state index in [-0.39, 0.29) is 6.61 Å². The van der Waals surface area contributed by atoms with Crippen molar-refractivity contribution < 1.29 is 30.0 Å². The molecule has 0 aromatic heterocycles. The molecule has 0 radical (unpaired) electrons. The van der Waals surface area contributed by atoms with Gasteiger partial charge in [-0.2, -0.15) is 0 Å². The molecule has 6 heteroatoms. The van der Waals surface area contributed by atoms with Crippen molar-refractivity contribution in [1.82, 2.24) is 0 Å². The molecule has 0 unspecified atom stereocenters. The summed E-state index contributed by atoms with van der Waals surface area (Å²) >= 11 is 0. The van der Waals surface area contributed by atoms with E-state index in [1.165, 1.54) is 38.5 Å². The van der Waals surface area contributed by atoms with Crippen LogP contribution in [-0.4, -0.2) is 57.9 Å². The van der Waals surface area contributed by atoms with Crippen molar-refractivity contribution >= 4 is 5.97 Å². The lowest BCUT2D eigenvalue weighted by molar-refractivity contribution is -0.152. The van der Waals surface area contributed by atoms with Crippen LogP contribution in [0, 0.1) is 0 Å². The lowest BCUT2D eigenvalue weighted by atomic mass is 10.1. The lowest BCUT2D eigenvalue weighted by Gasteiger charge is -2.21. The number of hydrogen-bond donors (Lipinski definition) is 4. The summed E-state index contributed by atoms with van der Waals surface area (Å²) in [5.41, 5.74) is 0. The summed E-state index contributed by atoms with van der Waals surface area (Å²) in [4.78, 5) is 11.5. The van der Waals surface area contributed by atoms with Crippen LogP contribution in [-0.2, 0) is 9.53 Å². The highest BCUT2D eigenvalue weighted by Crippen LogP contribution is 2.11. The van der Waals surface area contributed by atoms with Gasteiger partial charge in [-0.3, -0.25) is 4.79 Å². The second kappa shape index (κ2) is 14.9. The van der Waals surface area contributed by atoms with Crippen LogP contribution in [0.3, 0.4) is 0 Å². The molecular formula is C17H34O6. The predicted octanol–water partition coefficient (Wildman–Crippen LogP) is 1.53. The highest BCUT2D eigenvalue weighted by atomic mass is 16.5. The molecule has 0 bridgehead atoms. The molecule has 0 saturated carbocycles. The summed E-state index contributed by atoms with van der Waals surface area (Å²) in [5.74, 6) is -0.419. The summed E-state index contributed by atoms with van der Waals surface area (Å²) in [7, 11) is 0. The minimum Gasteiger partial charge on any atom is -0.463 e. The monoisotopic (exact) mass is 334 g/mol. The number of aliphatic hydroxyl groups excluding tert-OH is 4. The van der Waals surface area contributed by atoms with Crippen molar-refractivity contribution in [1.29, 1.82) is 0 Å². The van der Waals surface area contributed by atoms with E-state index in [9.17, 15) is 15.0 Å². The SMILES string of the molecule is CCCCCCCCCCCC(=O)OC[C@@H](O)[C@H](O)[C@@H](O)CO. The molecule has 0 aliphatic heterocycles. The molecule has 0 amide bonds. The quantitative estimate of drug-likeness (QED) is 0.267. The molecule has 0 heterocycles. The third kappa shape index (κ3) is 12.4. The molecule has 3 atom stereocenters. The van der Waals surface area contributed by atoms with E-state index in [0.717, 1.165) is 19.3 Å². The molecule has 0 aromatic rings. The van der Waals surface area contributed by atoms with Gasteiger partial charge in [-0.15, -0.1) is 0 Å². The van der Waals surface area contributed by atoms with E-state index in [1.807, 2.05) is 0 Å². The van der Waals surface area contributed by atoms with Crippen LogP contribution < -0.4 is 0 Å². The summed E-state index contributed by atoms with van der Waals surface area (Å²) < 4.78 is 4.85. The van der Waals surface area contributed by atoms with E-state index in [2.05, 4.69) is 6.92 Å². The molecule has 0 rings (SSSR count). The van der Waals surface area contributed by atoms with Gasteiger partial charge in [-0.1, -0.05) is 58.3 Å². The van der Waals surface area contributed by atoms with E-state index in [0.29, 0.717) is 6.42 Å². The molecule has 0 saturated heterocycles. The van der Waals surface area contributed by atoms with Crippen LogP contribution in [0.4, 0.5) is 0 Å². The Hall–Kier alpha value is -0.690. The second-order valence-electron chi connectivity index (χ2n) is 6.07. The van der Waals surface area contributed by atoms with Crippen LogP contribution in [0.2, 0.25) is 0 Å². The van der Waals surface area contributed by atoms with Gasteiger partial charge in [0.2, 0.25) is 0 Å². The maximum Gasteiger partial charge on any atom is 0.305 e. The smallest absolute Gasteiger partial charge is 0.305 e. The molecule has 0 fully saturated rings. The average Bonchev–Trinajstić information content (AvgIpc) is 2.56. The van der Waals surface area contributed by atoms with Crippen LogP contribution in [0.5, 0.6) is 0 Å². The van der Waals surface area contributed by atoms with Gasteiger partial charge in [0.05, 0.1) is 6.61 Å². The minimum absolute atomic E-state index is 0.293. The van der Waals surface area contributed by atoms with E-state index >= 15 is 0 Å². The third-order valence-corrected chi connectivity index (χ3v) is 3.88. The van der Waals surface area contributed by atoms with Gasteiger partial charge in [-0.05, 0) is 6.42 Å². The zero-order chi connectivity index (χ0) is 17.5. The van der Waals surface area contributed by atoms with Crippen LogP contribution in [0.15, 0.2) is 0 Å². The normalized spacial score (nSPS) is 15.2. The maximum atomic E-state index is 11.5. The largest absolute Gasteiger partial charge is 0.463 e. The topological polar surface area (TPSA) is 107 Å². The fourth-order valence-corrected chi connectivity index (χ4v) is 2.29. The number of esters is 1. The van der Waals surface area contributed by atoms with Gasteiger partial charge in [0.25, 0.3) is 0 Å².